The van der Waals surface area contributed by atoms with Crippen LogP contribution >= 0.6 is 0 Å². The molecular weight excluding hydrogens is 390 g/mol. The summed E-state index contributed by atoms with van der Waals surface area (Å²) in [6.07, 6.45) is 4.08. The van der Waals surface area contributed by atoms with Crippen LogP contribution in [0.5, 0.6) is 0 Å². The normalized spacial score (nSPS) is 16.0. The molecule has 1 aliphatic heterocycles. The molecule has 2 amide bonds. The molecule has 1 saturated heterocycles. The first-order chi connectivity index (χ1) is 15.0. The highest BCUT2D eigenvalue weighted by molar-refractivity contribution is 5.96. The quantitative estimate of drug-likeness (QED) is 0.520. The number of rotatable bonds is 4. The number of aromatic nitrogens is 1. The number of pyridine rings is 1. The predicted octanol–water partition coefficient (Wildman–Crippen LogP) is 3.79. The Morgan fingerprint density at radius 1 is 1.06 bits per heavy atom. The first-order valence-electron chi connectivity index (χ1n) is 10.5. The minimum absolute atomic E-state index is 0.0918. The molecule has 1 aromatic heterocycles. The maximum absolute atomic E-state index is 12.9. The summed E-state index contributed by atoms with van der Waals surface area (Å²) in [5.41, 5.74) is 4.40. The summed E-state index contributed by atoms with van der Waals surface area (Å²) in [6.45, 7) is 2.98. The number of amides is 2. The maximum Gasteiger partial charge on any atom is 0.259 e. The lowest BCUT2D eigenvalue weighted by Gasteiger charge is -2.32. The van der Waals surface area contributed by atoms with E-state index in [-0.39, 0.29) is 17.7 Å². The molecule has 0 unspecified atom stereocenters. The highest BCUT2D eigenvalue weighted by atomic mass is 16.5. The minimum atomic E-state index is -0.289. The van der Waals surface area contributed by atoms with E-state index in [1.165, 1.54) is 18.0 Å². The van der Waals surface area contributed by atoms with Gasteiger partial charge in [-0.05, 0) is 49.1 Å². The Labute approximate surface area is 181 Å². The van der Waals surface area contributed by atoms with Crippen molar-refractivity contribution in [1.29, 1.82) is 0 Å². The zero-order valence-electron chi connectivity index (χ0n) is 17.5. The number of hydrogen-bond donors (Lipinski definition) is 1. The van der Waals surface area contributed by atoms with E-state index >= 15 is 0 Å². The fraction of sp³-hybridized carbons (Fsp3) is 0.240. The molecule has 1 N–H and O–H groups in total. The van der Waals surface area contributed by atoms with Crippen LogP contribution in [0.4, 0.5) is 5.69 Å². The van der Waals surface area contributed by atoms with Gasteiger partial charge in [-0.2, -0.15) is 4.73 Å². The Morgan fingerprint density at radius 3 is 2.61 bits per heavy atom. The standard InChI is InChI=1S/C25H25N3O3/c1-18-6-2-7-19(14-18)20-8-3-11-23(15-20)26-24(29)21-9-4-12-27(16-21)25(30)22-10-5-13-28(31)17-22/h2-3,5-8,10-11,13-15,17,21H,4,9,12,16H2,1H3,(H,26,29)/t21-/m0/s1. The first kappa shape index (κ1) is 20.6. The van der Waals surface area contributed by atoms with Crippen molar-refractivity contribution in [3.8, 4) is 11.1 Å². The van der Waals surface area contributed by atoms with Gasteiger partial charge in [0.2, 0.25) is 5.91 Å². The molecule has 6 heteroatoms. The van der Waals surface area contributed by atoms with Crippen molar-refractivity contribution >= 4 is 17.5 Å². The van der Waals surface area contributed by atoms with Gasteiger partial charge >= 0.3 is 0 Å². The van der Waals surface area contributed by atoms with E-state index in [1.54, 1.807) is 17.0 Å². The number of benzene rings is 2. The average Bonchev–Trinajstić information content (AvgIpc) is 2.79. The maximum atomic E-state index is 12.9. The third-order valence-corrected chi connectivity index (χ3v) is 5.58. The fourth-order valence-corrected chi connectivity index (χ4v) is 3.98. The number of nitrogens with zero attached hydrogens (tertiary/aromatic N) is 2. The van der Waals surface area contributed by atoms with Gasteiger partial charge in [0.25, 0.3) is 5.91 Å². The van der Waals surface area contributed by atoms with E-state index in [2.05, 4.69) is 24.4 Å². The molecule has 6 nitrogen and oxygen atoms in total. The van der Waals surface area contributed by atoms with Crippen LogP contribution in [0.2, 0.25) is 0 Å². The predicted molar refractivity (Wildman–Crippen MR) is 119 cm³/mol. The molecule has 0 bridgehead atoms. The first-order valence-corrected chi connectivity index (χ1v) is 10.5. The van der Waals surface area contributed by atoms with E-state index in [0.29, 0.717) is 23.4 Å². The molecule has 4 rings (SSSR count). The lowest BCUT2D eigenvalue weighted by atomic mass is 9.96. The van der Waals surface area contributed by atoms with Crippen LogP contribution in [0, 0.1) is 18.0 Å². The van der Waals surface area contributed by atoms with Crippen molar-refractivity contribution in [1.82, 2.24) is 4.90 Å². The van der Waals surface area contributed by atoms with Crippen molar-refractivity contribution in [3.05, 3.63) is 89.4 Å². The molecule has 2 heterocycles. The van der Waals surface area contributed by atoms with Gasteiger partial charge in [-0.25, -0.2) is 0 Å². The Bertz CT molecular complexity index is 1110. The van der Waals surface area contributed by atoms with E-state index in [1.807, 2.05) is 36.4 Å². The summed E-state index contributed by atoms with van der Waals surface area (Å²) in [7, 11) is 0. The molecule has 0 radical (unpaired) electrons. The van der Waals surface area contributed by atoms with Crippen molar-refractivity contribution in [2.45, 2.75) is 19.8 Å². The topological polar surface area (TPSA) is 76.4 Å². The lowest BCUT2D eigenvalue weighted by Crippen LogP contribution is -2.44. The third kappa shape index (κ3) is 4.91. The van der Waals surface area contributed by atoms with Gasteiger partial charge in [-0.1, -0.05) is 42.0 Å². The molecule has 1 atom stereocenters. The van der Waals surface area contributed by atoms with Gasteiger partial charge in [-0.15, -0.1) is 0 Å². The largest absolute Gasteiger partial charge is 0.619 e. The molecule has 0 aliphatic carbocycles. The van der Waals surface area contributed by atoms with Crippen LogP contribution in [0.1, 0.15) is 28.8 Å². The van der Waals surface area contributed by atoms with E-state index in [0.717, 1.165) is 29.7 Å². The summed E-state index contributed by atoms with van der Waals surface area (Å²) in [4.78, 5) is 27.3. The van der Waals surface area contributed by atoms with E-state index in [4.69, 9.17) is 0 Å². The van der Waals surface area contributed by atoms with Gasteiger partial charge in [0.15, 0.2) is 12.4 Å². The third-order valence-electron chi connectivity index (χ3n) is 5.58. The second-order valence-electron chi connectivity index (χ2n) is 7.98. The number of hydrogen-bond acceptors (Lipinski definition) is 3. The summed E-state index contributed by atoms with van der Waals surface area (Å²) in [5, 5.41) is 14.5. The monoisotopic (exact) mass is 415 g/mol. The number of aryl methyl sites for hydroxylation is 1. The van der Waals surface area contributed by atoms with Crippen LogP contribution in [0.15, 0.2) is 73.1 Å². The summed E-state index contributed by atoms with van der Waals surface area (Å²) in [6, 6.07) is 19.2. The molecule has 0 saturated carbocycles. The second kappa shape index (κ2) is 9.00. The fourth-order valence-electron chi connectivity index (χ4n) is 3.98. The van der Waals surface area contributed by atoms with Crippen LogP contribution in [0.3, 0.4) is 0 Å². The summed E-state index contributed by atoms with van der Waals surface area (Å²) >= 11 is 0. The van der Waals surface area contributed by atoms with Crippen molar-refractivity contribution in [2.75, 3.05) is 18.4 Å². The number of nitrogens with one attached hydrogen (secondary N) is 1. The number of likely N-dealkylation sites (tertiary alicyclic amines) is 1. The smallest absolute Gasteiger partial charge is 0.259 e. The average molecular weight is 415 g/mol. The molecule has 0 spiro atoms. The highest BCUT2D eigenvalue weighted by Crippen LogP contribution is 2.25. The molecule has 1 fully saturated rings. The van der Waals surface area contributed by atoms with Gasteiger partial charge in [0.05, 0.1) is 5.92 Å². The molecule has 1 aliphatic rings. The number of piperidine rings is 1. The van der Waals surface area contributed by atoms with Gasteiger partial charge in [0, 0.05) is 24.8 Å². The van der Waals surface area contributed by atoms with Crippen LogP contribution < -0.4 is 10.0 Å². The number of carbonyl (C=O) groups excluding carboxylic acids is 2. The number of carbonyl (C=O) groups is 2. The van der Waals surface area contributed by atoms with E-state index < -0.39 is 0 Å². The number of anilines is 1. The van der Waals surface area contributed by atoms with Gasteiger partial charge in [0.1, 0.15) is 5.56 Å². The Kier molecular flexibility index (Phi) is 5.98. The summed E-state index contributed by atoms with van der Waals surface area (Å²) in [5.74, 6) is -0.599. The zero-order valence-corrected chi connectivity index (χ0v) is 17.5. The summed E-state index contributed by atoms with van der Waals surface area (Å²) < 4.78 is 0.614. The molecule has 158 valence electrons. The second-order valence-corrected chi connectivity index (χ2v) is 7.98. The SMILES string of the molecule is Cc1cccc(-c2cccc(NC(=O)[C@H]3CCCN(C(=O)c4ccc[n+]([O-])c4)C3)c2)c1. The Balaban J connectivity index is 1.44. The Morgan fingerprint density at radius 2 is 1.84 bits per heavy atom. The van der Waals surface area contributed by atoms with E-state index in [9.17, 15) is 14.8 Å². The molecule has 3 aromatic rings. The van der Waals surface area contributed by atoms with Crippen molar-refractivity contribution in [2.24, 2.45) is 5.92 Å². The highest BCUT2D eigenvalue weighted by Gasteiger charge is 2.29. The Hall–Kier alpha value is -3.67. The van der Waals surface area contributed by atoms with Gasteiger partial charge in [-0.3, -0.25) is 9.59 Å². The van der Waals surface area contributed by atoms with Crippen LogP contribution in [-0.2, 0) is 4.79 Å². The van der Waals surface area contributed by atoms with Crippen molar-refractivity contribution in [3.63, 3.8) is 0 Å². The van der Waals surface area contributed by atoms with Crippen LogP contribution in [0.25, 0.3) is 11.1 Å². The van der Waals surface area contributed by atoms with Gasteiger partial charge < -0.3 is 15.4 Å². The van der Waals surface area contributed by atoms with Crippen LogP contribution in [-0.4, -0.2) is 29.8 Å². The van der Waals surface area contributed by atoms with Crippen molar-refractivity contribution < 1.29 is 14.3 Å². The lowest BCUT2D eigenvalue weighted by molar-refractivity contribution is -0.605. The zero-order chi connectivity index (χ0) is 21.8. The minimum Gasteiger partial charge on any atom is -0.619 e. The molecule has 31 heavy (non-hydrogen) atoms. The molecular formula is C25H25N3O3. The molecule has 2 aromatic carbocycles.